The zero-order chi connectivity index (χ0) is 15.3. The first-order valence-electron chi connectivity index (χ1n) is 6.86. The largest absolute Gasteiger partial charge is 0.573 e. The molecule has 1 aliphatic rings. The zero-order valence-electron chi connectivity index (χ0n) is 11.5. The summed E-state index contributed by atoms with van der Waals surface area (Å²) in [6.07, 6.45) is -0.0752. The molecule has 1 saturated carbocycles. The van der Waals surface area contributed by atoms with Gasteiger partial charge in [0.1, 0.15) is 0 Å². The van der Waals surface area contributed by atoms with Gasteiger partial charge in [-0.05, 0) is 30.9 Å². The first kappa shape index (κ1) is 15.5. The first-order chi connectivity index (χ1) is 9.94. The zero-order valence-corrected chi connectivity index (χ0v) is 11.5. The van der Waals surface area contributed by atoms with Gasteiger partial charge in [-0.1, -0.05) is 25.0 Å². The van der Waals surface area contributed by atoms with E-state index < -0.39 is 6.36 Å². The molecule has 1 aromatic carbocycles. The van der Waals surface area contributed by atoms with Crippen molar-refractivity contribution in [2.45, 2.75) is 32.0 Å². The van der Waals surface area contributed by atoms with E-state index in [4.69, 9.17) is 5.73 Å². The molecule has 3 N–H and O–H groups in total. The summed E-state index contributed by atoms with van der Waals surface area (Å²) in [5.41, 5.74) is 5.86. The molecule has 116 valence electrons. The molecule has 0 saturated heterocycles. The van der Waals surface area contributed by atoms with Crippen LogP contribution in [0.4, 0.5) is 18.9 Å². The van der Waals surface area contributed by atoms with Crippen molar-refractivity contribution in [2.75, 3.05) is 11.9 Å². The minimum Gasteiger partial charge on any atom is -0.404 e. The minimum atomic E-state index is -4.74. The van der Waals surface area contributed by atoms with Gasteiger partial charge in [0.2, 0.25) is 0 Å². The number of para-hydroxylation sites is 2. The van der Waals surface area contributed by atoms with E-state index in [9.17, 15) is 13.2 Å². The highest BCUT2D eigenvalue weighted by molar-refractivity contribution is 5.93. The van der Waals surface area contributed by atoms with Crippen molar-refractivity contribution in [3.63, 3.8) is 0 Å². The summed E-state index contributed by atoms with van der Waals surface area (Å²) < 4.78 is 40.8. The molecule has 0 amide bonds. The average Bonchev–Trinajstić information content (AvgIpc) is 2.90. The summed E-state index contributed by atoms with van der Waals surface area (Å²) in [6.45, 7) is 0.598. The van der Waals surface area contributed by atoms with Gasteiger partial charge in [-0.3, -0.25) is 4.99 Å². The summed E-state index contributed by atoms with van der Waals surface area (Å²) in [5.74, 6) is 0.288. The topological polar surface area (TPSA) is 59.6 Å². The lowest BCUT2D eigenvalue weighted by molar-refractivity contribution is -0.274. The lowest BCUT2D eigenvalue weighted by Crippen LogP contribution is -2.25. The van der Waals surface area contributed by atoms with Crippen LogP contribution in [-0.2, 0) is 0 Å². The number of hydrogen-bond acceptors (Lipinski definition) is 2. The van der Waals surface area contributed by atoms with Crippen LogP contribution in [0.2, 0.25) is 0 Å². The van der Waals surface area contributed by atoms with Crippen LogP contribution in [0.3, 0.4) is 0 Å². The van der Waals surface area contributed by atoms with E-state index in [1.54, 1.807) is 6.07 Å². The number of benzene rings is 1. The second kappa shape index (κ2) is 6.69. The summed E-state index contributed by atoms with van der Waals surface area (Å²) in [7, 11) is 0. The molecule has 1 aromatic rings. The summed E-state index contributed by atoms with van der Waals surface area (Å²) >= 11 is 0. The Morgan fingerprint density at radius 2 is 1.95 bits per heavy atom. The summed E-state index contributed by atoms with van der Waals surface area (Å²) in [6, 6.07) is 5.73. The first-order valence-corrected chi connectivity index (χ1v) is 6.86. The number of nitrogens with one attached hydrogen (secondary N) is 1. The van der Waals surface area contributed by atoms with Crippen LogP contribution in [0.25, 0.3) is 0 Å². The van der Waals surface area contributed by atoms with Gasteiger partial charge in [0.05, 0.1) is 5.69 Å². The Balaban J connectivity index is 1.99. The average molecular weight is 301 g/mol. The SMILES string of the molecule is NC(=NCC1CCCC1)Nc1ccccc1OC(F)(F)F. The Morgan fingerprint density at radius 3 is 2.62 bits per heavy atom. The predicted molar refractivity (Wildman–Crippen MR) is 75.2 cm³/mol. The number of alkyl halides is 3. The van der Waals surface area contributed by atoms with Crippen LogP contribution < -0.4 is 15.8 Å². The lowest BCUT2D eigenvalue weighted by atomic mass is 10.1. The van der Waals surface area contributed by atoms with Gasteiger partial charge >= 0.3 is 6.36 Å². The van der Waals surface area contributed by atoms with Crippen molar-refractivity contribution < 1.29 is 17.9 Å². The van der Waals surface area contributed by atoms with E-state index in [-0.39, 0.29) is 17.4 Å². The third-order valence-electron chi connectivity index (χ3n) is 3.37. The molecule has 0 radical (unpaired) electrons. The molecule has 4 nitrogen and oxygen atoms in total. The molecule has 1 fully saturated rings. The summed E-state index contributed by atoms with van der Waals surface area (Å²) in [4.78, 5) is 4.19. The molecule has 0 aromatic heterocycles. The molecule has 0 heterocycles. The number of guanidine groups is 1. The van der Waals surface area contributed by atoms with Crippen molar-refractivity contribution in [2.24, 2.45) is 16.6 Å². The van der Waals surface area contributed by atoms with Gasteiger partial charge in [0, 0.05) is 6.54 Å². The van der Waals surface area contributed by atoms with Crippen LogP contribution in [0.15, 0.2) is 29.3 Å². The van der Waals surface area contributed by atoms with E-state index in [1.807, 2.05) is 0 Å². The Hall–Kier alpha value is -1.92. The highest BCUT2D eigenvalue weighted by Gasteiger charge is 2.32. The monoisotopic (exact) mass is 301 g/mol. The number of rotatable bonds is 4. The molecule has 21 heavy (non-hydrogen) atoms. The third kappa shape index (κ3) is 5.17. The van der Waals surface area contributed by atoms with E-state index in [2.05, 4.69) is 15.0 Å². The number of halogens is 3. The fourth-order valence-corrected chi connectivity index (χ4v) is 2.38. The van der Waals surface area contributed by atoms with E-state index >= 15 is 0 Å². The van der Waals surface area contributed by atoms with Gasteiger partial charge in [-0.25, -0.2) is 0 Å². The molecule has 0 bridgehead atoms. The van der Waals surface area contributed by atoms with Gasteiger partial charge < -0.3 is 15.8 Å². The predicted octanol–water partition coefficient (Wildman–Crippen LogP) is 3.50. The smallest absolute Gasteiger partial charge is 0.404 e. The third-order valence-corrected chi connectivity index (χ3v) is 3.37. The van der Waals surface area contributed by atoms with Crippen LogP contribution >= 0.6 is 0 Å². The van der Waals surface area contributed by atoms with Crippen LogP contribution in [0.1, 0.15) is 25.7 Å². The molecule has 0 aliphatic heterocycles. The fourth-order valence-electron chi connectivity index (χ4n) is 2.38. The molecule has 1 aliphatic carbocycles. The molecule has 2 rings (SSSR count). The number of anilines is 1. The maximum Gasteiger partial charge on any atom is 0.573 e. The maximum atomic E-state index is 12.3. The van der Waals surface area contributed by atoms with Gasteiger partial charge in [0.25, 0.3) is 0 Å². The van der Waals surface area contributed by atoms with Crippen LogP contribution in [0.5, 0.6) is 5.75 Å². The van der Waals surface area contributed by atoms with Crippen molar-refractivity contribution in [1.29, 1.82) is 0 Å². The number of aliphatic imine (C=N–C) groups is 1. The molecular weight excluding hydrogens is 283 g/mol. The van der Waals surface area contributed by atoms with E-state index in [0.29, 0.717) is 12.5 Å². The highest BCUT2D eigenvalue weighted by atomic mass is 19.4. The number of ether oxygens (including phenoxy) is 1. The van der Waals surface area contributed by atoms with Crippen molar-refractivity contribution in [3.8, 4) is 5.75 Å². The highest BCUT2D eigenvalue weighted by Crippen LogP contribution is 2.30. The quantitative estimate of drug-likeness (QED) is 0.661. The lowest BCUT2D eigenvalue weighted by Gasteiger charge is -2.14. The van der Waals surface area contributed by atoms with E-state index in [1.165, 1.54) is 31.0 Å². The molecule has 0 spiro atoms. The van der Waals surface area contributed by atoms with Gasteiger partial charge in [-0.15, -0.1) is 13.2 Å². The maximum absolute atomic E-state index is 12.3. The Kier molecular flexibility index (Phi) is 4.93. The fraction of sp³-hybridized carbons (Fsp3) is 0.500. The van der Waals surface area contributed by atoms with Gasteiger partial charge in [-0.2, -0.15) is 0 Å². The van der Waals surface area contributed by atoms with Crippen LogP contribution in [-0.4, -0.2) is 18.9 Å². The van der Waals surface area contributed by atoms with Crippen molar-refractivity contribution >= 4 is 11.6 Å². The number of hydrogen-bond donors (Lipinski definition) is 2. The van der Waals surface area contributed by atoms with Crippen LogP contribution in [0, 0.1) is 5.92 Å². The Morgan fingerprint density at radius 1 is 1.29 bits per heavy atom. The minimum absolute atomic E-state index is 0.0973. The number of nitrogens with two attached hydrogens (primary N) is 1. The molecule has 0 unspecified atom stereocenters. The molecule has 7 heteroatoms. The second-order valence-electron chi connectivity index (χ2n) is 5.05. The molecular formula is C14H18F3N3O. The van der Waals surface area contributed by atoms with Crippen molar-refractivity contribution in [3.05, 3.63) is 24.3 Å². The van der Waals surface area contributed by atoms with E-state index in [0.717, 1.165) is 12.8 Å². The normalized spacial score (nSPS) is 17.0. The standard InChI is InChI=1S/C14H18F3N3O/c15-14(16,17)21-12-8-4-3-7-11(12)20-13(18)19-9-10-5-1-2-6-10/h3-4,7-8,10H,1-2,5-6,9H2,(H3,18,19,20). The van der Waals surface area contributed by atoms with Gasteiger partial charge in [0.15, 0.2) is 11.7 Å². The molecule has 0 atom stereocenters. The summed E-state index contributed by atoms with van der Waals surface area (Å²) in [5, 5.41) is 2.66. The Bertz CT molecular complexity index is 496. The Labute approximate surface area is 121 Å². The number of nitrogens with zero attached hydrogens (tertiary/aromatic N) is 1. The second-order valence-corrected chi connectivity index (χ2v) is 5.05. The van der Waals surface area contributed by atoms with Crippen molar-refractivity contribution in [1.82, 2.24) is 0 Å².